The average Bonchev–Trinajstić information content (AvgIpc) is 2.70. The predicted octanol–water partition coefficient (Wildman–Crippen LogP) is 3.69. The van der Waals surface area contributed by atoms with Gasteiger partial charge in [0.1, 0.15) is 5.82 Å². The lowest BCUT2D eigenvalue weighted by Crippen LogP contribution is -2.37. The maximum Gasteiger partial charge on any atom is 0.191 e. The molecule has 0 heterocycles. The summed E-state index contributed by atoms with van der Waals surface area (Å²) < 4.78 is 37.1. The van der Waals surface area contributed by atoms with Crippen molar-refractivity contribution in [3.05, 3.63) is 70.5 Å². The van der Waals surface area contributed by atoms with Gasteiger partial charge in [-0.2, -0.15) is 0 Å². The standard InChI is InChI=1S/C23H33FN4O2S.HI/c1-17(2)28(4)15-19-9-7-6-8-18(19)13-26-23(25-3)27-14-21-12-22(24)11-10-20(21)16-31(5,29)30;/h6-12,17H,13-16H2,1-5H3,(H2,25,26,27);1H. The Hall–Kier alpha value is -1.72. The second-order valence-corrected chi connectivity index (χ2v) is 10.2. The van der Waals surface area contributed by atoms with Crippen LogP contribution in [-0.2, 0) is 35.2 Å². The smallest absolute Gasteiger partial charge is 0.191 e. The lowest BCUT2D eigenvalue weighted by atomic mass is 10.1. The van der Waals surface area contributed by atoms with Gasteiger partial charge in [-0.1, -0.05) is 30.3 Å². The number of nitrogens with zero attached hydrogens (tertiary/aromatic N) is 2. The zero-order chi connectivity index (χ0) is 23.0. The predicted molar refractivity (Wildman–Crippen MR) is 140 cm³/mol. The SMILES string of the molecule is CN=C(NCc1ccccc1CN(C)C(C)C)NCc1cc(F)ccc1CS(C)(=O)=O.I. The third-order valence-electron chi connectivity index (χ3n) is 5.12. The normalized spacial score (nSPS) is 12.1. The summed E-state index contributed by atoms with van der Waals surface area (Å²) in [6.45, 7) is 6.02. The van der Waals surface area contributed by atoms with Crippen LogP contribution in [0.1, 0.15) is 36.1 Å². The highest BCUT2D eigenvalue weighted by atomic mass is 127. The minimum atomic E-state index is -3.22. The number of benzene rings is 2. The first-order valence-electron chi connectivity index (χ1n) is 10.3. The van der Waals surface area contributed by atoms with Crippen molar-refractivity contribution in [3.8, 4) is 0 Å². The molecule has 2 aromatic carbocycles. The molecular weight excluding hydrogens is 542 g/mol. The Morgan fingerprint density at radius 1 is 1.03 bits per heavy atom. The van der Waals surface area contributed by atoms with Crippen molar-refractivity contribution in [2.75, 3.05) is 20.4 Å². The fourth-order valence-electron chi connectivity index (χ4n) is 3.10. The molecule has 32 heavy (non-hydrogen) atoms. The quantitative estimate of drug-likeness (QED) is 0.271. The van der Waals surface area contributed by atoms with E-state index in [1.54, 1.807) is 7.05 Å². The molecular formula is C23H34FIN4O2S. The lowest BCUT2D eigenvalue weighted by molar-refractivity contribution is 0.265. The Kier molecular flexibility index (Phi) is 11.6. The topological polar surface area (TPSA) is 73.8 Å². The molecule has 0 saturated carbocycles. The third-order valence-corrected chi connectivity index (χ3v) is 5.96. The van der Waals surface area contributed by atoms with Crippen LogP contribution >= 0.6 is 24.0 Å². The van der Waals surface area contributed by atoms with Crippen LogP contribution in [-0.4, -0.2) is 45.7 Å². The van der Waals surface area contributed by atoms with Gasteiger partial charge in [-0.3, -0.25) is 9.89 Å². The van der Waals surface area contributed by atoms with Gasteiger partial charge in [0, 0.05) is 39.0 Å². The highest BCUT2D eigenvalue weighted by Gasteiger charge is 2.12. The first-order chi connectivity index (χ1) is 14.6. The number of hydrogen-bond acceptors (Lipinski definition) is 4. The Balaban J connectivity index is 0.00000512. The summed E-state index contributed by atoms with van der Waals surface area (Å²) in [6, 6.07) is 12.9. The van der Waals surface area contributed by atoms with E-state index in [4.69, 9.17) is 0 Å². The van der Waals surface area contributed by atoms with Crippen LogP contribution in [0.4, 0.5) is 4.39 Å². The molecule has 0 fully saturated rings. The number of aliphatic imine (C=N–C) groups is 1. The summed E-state index contributed by atoms with van der Waals surface area (Å²) in [4.78, 5) is 6.51. The van der Waals surface area contributed by atoms with Crippen molar-refractivity contribution >= 4 is 39.8 Å². The Bertz CT molecular complexity index is 1010. The van der Waals surface area contributed by atoms with Crippen molar-refractivity contribution in [1.29, 1.82) is 0 Å². The highest BCUT2D eigenvalue weighted by molar-refractivity contribution is 14.0. The van der Waals surface area contributed by atoms with Crippen molar-refractivity contribution in [1.82, 2.24) is 15.5 Å². The van der Waals surface area contributed by atoms with E-state index in [-0.39, 0.29) is 36.3 Å². The van der Waals surface area contributed by atoms with Gasteiger partial charge in [0.15, 0.2) is 15.8 Å². The number of nitrogens with one attached hydrogen (secondary N) is 2. The molecule has 2 rings (SSSR count). The highest BCUT2D eigenvalue weighted by Crippen LogP contribution is 2.15. The minimum absolute atomic E-state index is 0. The summed E-state index contributed by atoms with van der Waals surface area (Å²) in [5.41, 5.74) is 3.57. The van der Waals surface area contributed by atoms with E-state index in [0.717, 1.165) is 6.54 Å². The van der Waals surface area contributed by atoms with Crippen LogP contribution in [0.3, 0.4) is 0 Å². The van der Waals surface area contributed by atoms with Crippen molar-refractivity contribution in [3.63, 3.8) is 0 Å². The van der Waals surface area contributed by atoms with Crippen LogP contribution in [0.5, 0.6) is 0 Å². The molecule has 178 valence electrons. The summed E-state index contributed by atoms with van der Waals surface area (Å²) in [7, 11) is 0.539. The number of guanidine groups is 1. The molecule has 0 unspecified atom stereocenters. The van der Waals surface area contributed by atoms with Crippen LogP contribution in [0.2, 0.25) is 0 Å². The largest absolute Gasteiger partial charge is 0.352 e. The molecule has 0 radical (unpaired) electrons. The van der Waals surface area contributed by atoms with Gasteiger partial charge in [-0.25, -0.2) is 12.8 Å². The maximum atomic E-state index is 13.7. The molecule has 0 saturated heterocycles. The molecule has 2 N–H and O–H groups in total. The van der Waals surface area contributed by atoms with E-state index in [1.165, 1.54) is 35.6 Å². The van der Waals surface area contributed by atoms with Crippen molar-refractivity contribution in [2.45, 2.75) is 45.3 Å². The average molecular weight is 577 g/mol. The summed E-state index contributed by atoms with van der Waals surface area (Å²) in [6.07, 6.45) is 1.17. The fraction of sp³-hybridized carbons (Fsp3) is 0.435. The molecule has 6 nitrogen and oxygen atoms in total. The third kappa shape index (κ3) is 9.41. The van der Waals surface area contributed by atoms with E-state index < -0.39 is 15.7 Å². The van der Waals surface area contributed by atoms with Gasteiger partial charge in [-0.15, -0.1) is 24.0 Å². The molecule has 0 aliphatic heterocycles. The Morgan fingerprint density at radius 2 is 1.62 bits per heavy atom. The van der Waals surface area contributed by atoms with Gasteiger partial charge < -0.3 is 10.6 Å². The zero-order valence-corrected chi connectivity index (χ0v) is 22.5. The van der Waals surface area contributed by atoms with Crippen molar-refractivity contribution < 1.29 is 12.8 Å². The Morgan fingerprint density at radius 3 is 2.19 bits per heavy atom. The molecule has 0 aliphatic carbocycles. The summed E-state index contributed by atoms with van der Waals surface area (Å²) in [5.74, 6) is 0.0225. The molecule has 0 atom stereocenters. The number of rotatable bonds is 9. The van der Waals surface area contributed by atoms with Gasteiger partial charge in [-0.05, 0) is 55.3 Å². The fourth-order valence-corrected chi connectivity index (χ4v) is 3.94. The van der Waals surface area contributed by atoms with Gasteiger partial charge in [0.05, 0.1) is 5.75 Å². The number of halogens is 2. The molecule has 2 aromatic rings. The molecule has 0 aliphatic rings. The first-order valence-corrected chi connectivity index (χ1v) is 12.3. The monoisotopic (exact) mass is 576 g/mol. The van der Waals surface area contributed by atoms with Gasteiger partial charge >= 0.3 is 0 Å². The van der Waals surface area contributed by atoms with Crippen LogP contribution < -0.4 is 10.6 Å². The second-order valence-electron chi connectivity index (χ2n) is 8.04. The van der Waals surface area contributed by atoms with Gasteiger partial charge in [0.25, 0.3) is 0 Å². The molecule has 0 aromatic heterocycles. The number of sulfone groups is 1. The van der Waals surface area contributed by atoms with E-state index in [0.29, 0.717) is 29.7 Å². The maximum absolute atomic E-state index is 13.7. The van der Waals surface area contributed by atoms with E-state index in [2.05, 4.69) is 53.6 Å². The van der Waals surface area contributed by atoms with Crippen molar-refractivity contribution in [2.24, 2.45) is 4.99 Å². The van der Waals surface area contributed by atoms with E-state index in [1.807, 2.05) is 12.1 Å². The van der Waals surface area contributed by atoms with Gasteiger partial charge in [0.2, 0.25) is 0 Å². The van der Waals surface area contributed by atoms with Crippen LogP contribution in [0.25, 0.3) is 0 Å². The minimum Gasteiger partial charge on any atom is -0.352 e. The zero-order valence-electron chi connectivity index (χ0n) is 19.4. The molecule has 0 amide bonds. The molecule has 9 heteroatoms. The van der Waals surface area contributed by atoms with E-state index in [9.17, 15) is 12.8 Å². The molecule has 0 spiro atoms. The van der Waals surface area contributed by atoms with E-state index >= 15 is 0 Å². The summed E-state index contributed by atoms with van der Waals surface area (Å²) in [5, 5.41) is 6.44. The summed E-state index contributed by atoms with van der Waals surface area (Å²) >= 11 is 0. The van der Waals surface area contributed by atoms with Crippen LogP contribution in [0, 0.1) is 5.82 Å². The number of hydrogen-bond donors (Lipinski definition) is 2. The Labute approximate surface area is 208 Å². The first kappa shape index (κ1) is 28.3. The lowest BCUT2D eigenvalue weighted by Gasteiger charge is -2.23. The van der Waals surface area contributed by atoms with Crippen LogP contribution in [0.15, 0.2) is 47.5 Å². The second kappa shape index (κ2) is 13.1. The molecule has 0 bridgehead atoms.